The van der Waals surface area contributed by atoms with E-state index in [-0.39, 0.29) is 16.5 Å². The highest BCUT2D eigenvalue weighted by molar-refractivity contribution is 5.86. The first-order valence-electron chi connectivity index (χ1n) is 4.31. The summed E-state index contributed by atoms with van der Waals surface area (Å²) in [5.74, 6) is -0.252. The van der Waals surface area contributed by atoms with Crippen LogP contribution in [0.3, 0.4) is 0 Å². The van der Waals surface area contributed by atoms with Gasteiger partial charge in [-0.05, 0) is 18.2 Å². The van der Waals surface area contributed by atoms with Crippen LogP contribution < -0.4 is 5.56 Å². The summed E-state index contributed by atoms with van der Waals surface area (Å²) in [6.45, 7) is 0. The number of fused-ring (bicyclic) bond motifs is 1. The highest BCUT2D eigenvalue weighted by Gasteiger charge is 2.33. The molecule has 0 unspecified atom stereocenters. The molecule has 0 aliphatic carbocycles. The summed E-state index contributed by atoms with van der Waals surface area (Å²) in [6, 6.07) is 3.18. The van der Waals surface area contributed by atoms with Crippen LogP contribution >= 0.6 is 0 Å². The van der Waals surface area contributed by atoms with Gasteiger partial charge in [0.1, 0.15) is 5.75 Å². The van der Waals surface area contributed by atoms with Crippen LogP contribution in [0.25, 0.3) is 10.8 Å². The second-order valence-electron chi connectivity index (χ2n) is 3.26. The Morgan fingerprint density at radius 1 is 1.19 bits per heavy atom. The predicted molar refractivity (Wildman–Crippen MR) is 51.2 cm³/mol. The van der Waals surface area contributed by atoms with Gasteiger partial charge in [-0.15, -0.1) is 0 Å². The lowest BCUT2D eigenvalue weighted by atomic mass is 10.1. The summed E-state index contributed by atoms with van der Waals surface area (Å²) >= 11 is 0. The third kappa shape index (κ3) is 1.62. The number of H-pyrrole nitrogens is 1. The van der Waals surface area contributed by atoms with Crippen LogP contribution in [0.15, 0.2) is 29.2 Å². The van der Waals surface area contributed by atoms with Gasteiger partial charge in [-0.2, -0.15) is 13.2 Å². The van der Waals surface area contributed by atoms with E-state index in [0.29, 0.717) is 6.20 Å². The van der Waals surface area contributed by atoms with Gasteiger partial charge in [0.15, 0.2) is 0 Å². The van der Waals surface area contributed by atoms with E-state index in [1.165, 1.54) is 0 Å². The number of hydrogen-bond acceptors (Lipinski definition) is 2. The number of aromatic nitrogens is 1. The Morgan fingerprint density at radius 3 is 2.50 bits per heavy atom. The number of phenols is 1. The lowest BCUT2D eigenvalue weighted by molar-refractivity contribution is -0.136. The van der Waals surface area contributed by atoms with Crippen molar-refractivity contribution in [3.8, 4) is 5.75 Å². The zero-order valence-corrected chi connectivity index (χ0v) is 7.80. The van der Waals surface area contributed by atoms with Crippen molar-refractivity contribution in [3.63, 3.8) is 0 Å². The lowest BCUT2D eigenvalue weighted by Crippen LogP contribution is -2.13. The number of benzene rings is 1. The summed E-state index contributed by atoms with van der Waals surface area (Å²) < 4.78 is 37.7. The van der Waals surface area contributed by atoms with E-state index in [1.807, 2.05) is 4.98 Å². The van der Waals surface area contributed by atoms with Crippen LogP contribution in [0, 0.1) is 0 Å². The van der Waals surface area contributed by atoms with Gasteiger partial charge >= 0.3 is 6.18 Å². The topological polar surface area (TPSA) is 53.1 Å². The number of phenolic OH excluding ortho intramolecular Hbond substituents is 1. The van der Waals surface area contributed by atoms with Crippen LogP contribution in [-0.4, -0.2) is 10.1 Å². The normalized spacial score (nSPS) is 11.9. The Bertz CT molecular complexity index is 601. The van der Waals surface area contributed by atoms with Gasteiger partial charge < -0.3 is 10.1 Å². The summed E-state index contributed by atoms with van der Waals surface area (Å²) in [6.07, 6.45) is -3.92. The minimum absolute atomic E-state index is 0.185. The first kappa shape index (κ1) is 10.5. The molecule has 84 valence electrons. The summed E-state index contributed by atoms with van der Waals surface area (Å²) in [7, 11) is 0. The number of nitrogens with one attached hydrogen (secondary N) is 1. The number of alkyl halides is 3. The van der Waals surface area contributed by atoms with Crippen LogP contribution in [0.4, 0.5) is 13.2 Å². The van der Waals surface area contributed by atoms with Gasteiger partial charge in [-0.1, -0.05) is 0 Å². The van der Waals surface area contributed by atoms with Crippen molar-refractivity contribution in [2.45, 2.75) is 6.18 Å². The van der Waals surface area contributed by atoms with Gasteiger partial charge in [0.2, 0.25) is 0 Å². The Hall–Kier alpha value is -1.98. The second-order valence-corrected chi connectivity index (χ2v) is 3.26. The highest BCUT2D eigenvalue weighted by atomic mass is 19.4. The van der Waals surface area contributed by atoms with Crippen molar-refractivity contribution in [2.24, 2.45) is 0 Å². The van der Waals surface area contributed by atoms with E-state index in [2.05, 4.69) is 0 Å². The molecule has 0 aliphatic heterocycles. The number of aromatic hydroxyl groups is 1. The molecule has 0 spiro atoms. The Balaban J connectivity index is 2.90. The Morgan fingerprint density at radius 2 is 1.88 bits per heavy atom. The second kappa shape index (κ2) is 3.26. The predicted octanol–water partition coefficient (Wildman–Crippen LogP) is 2.25. The van der Waals surface area contributed by atoms with Crippen LogP contribution in [0.2, 0.25) is 0 Å². The molecular weight excluding hydrogens is 223 g/mol. The molecule has 0 aliphatic rings. The fourth-order valence-corrected chi connectivity index (χ4v) is 1.48. The smallest absolute Gasteiger partial charge is 0.418 e. The molecule has 2 rings (SSSR count). The minimum Gasteiger partial charge on any atom is -0.508 e. The molecule has 1 aromatic heterocycles. The van der Waals surface area contributed by atoms with Gasteiger partial charge in [0.25, 0.3) is 5.56 Å². The van der Waals surface area contributed by atoms with Gasteiger partial charge in [-0.3, -0.25) is 4.79 Å². The molecule has 0 atom stereocenters. The molecule has 2 N–H and O–H groups in total. The number of halogens is 3. The Kier molecular flexibility index (Phi) is 2.15. The number of hydrogen-bond donors (Lipinski definition) is 2. The molecule has 1 aromatic carbocycles. The molecule has 0 saturated heterocycles. The third-order valence-corrected chi connectivity index (χ3v) is 2.19. The molecule has 1 heterocycles. The van der Waals surface area contributed by atoms with Gasteiger partial charge in [0.05, 0.1) is 10.9 Å². The molecule has 2 aromatic rings. The van der Waals surface area contributed by atoms with Crippen LogP contribution in [-0.2, 0) is 6.18 Å². The lowest BCUT2D eigenvalue weighted by Gasteiger charge is -2.09. The molecule has 0 radical (unpaired) electrons. The van der Waals surface area contributed by atoms with Crippen molar-refractivity contribution in [1.29, 1.82) is 0 Å². The summed E-state index contributed by atoms with van der Waals surface area (Å²) in [5.41, 5.74) is -1.60. The first-order chi connectivity index (χ1) is 7.39. The summed E-state index contributed by atoms with van der Waals surface area (Å²) in [4.78, 5) is 13.3. The maximum atomic E-state index is 12.6. The first-order valence-corrected chi connectivity index (χ1v) is 4.31. The van der Waals surface area contributed by atoms with Gasteiger partial charge in [-0.25, -0.2) is 0 Å². The Labute approximate surface area is 87.2 Å². The van der Waals surface area contributed by atoms with E-state index >= 15 is 0 Å². The standard InChI is InChI=1S/C10H6F3NO2/c11-10(12,13)8-4-14-9(16)7-3-5(15)1-2-6(7)8/h1-4,15H,(H,14,16). The maximum absolute atomic E-state index is 12.6. The number of aromatic amines is 1. The molecular formula is C10H6F3NO2. The third-order valence-electron chi connectivity index (χ3n) is 2.19. The monoisotopic (exact) mass is 229 g/mol. The van der Waals surface area contributed by atoms with Crippen molar-refractivity contribution >= 4 is 10.8 Å². The van der Waals surface area contributed by atoms with Crippen molar-refractivity contribution in [1.82, 2.24) is 4.98 Å². The van der Waals surface area contributed by atoms with Crippen molar-refractivity contribution in [3.05, 3.63) is 40.3 Å². The zero-order valence-electron chi connectivity index (χ0n) is 7.80. The molecule has 16 heavy (non-hydrogen) atoms. The quantitative estimate of drug-likeness (QED) is 0.727. The average molecular weight is 229 g/mol. The number of pyridine rings is 1. The van der Waals surface area contributed by atoms with E-state index < -0.39 is 17.3 Å². The van der Waals surface area contributed by atoms with Crippen molar-refractivity contribution < 1.29 is 18.3 Å². The fourth-order valence-electron chi connectivity index (χ4n) is 1.48. The van der Waals surface area contributed by atoms with E-state index in [0.717, 1.165) is 18.2 Å². The van der Waals surface area contributed by atoms with Crippen LogP contribution in [0.5, 0.6) is 5.75 Å². The van der Waals surface area contributed by atoms with Crippen molar-refractivity contribution in [2.75, 3.05) is 0 Å². The van der Waals surface area contributed by atoms with Gasteiger partial charge in [0, 0.05) is 11.6 Å². The molecule has 0 saturated carbocycles. The molecule has 6 heteroatoms. The number of rotatable bonds is 0. The zero-order chi connectivity index (χ0) is 11.9. The SMILES string of the molecule is O=c1[nH]cc(C(F)(F)F)c2ccc(O)cc12. The fraction of sp³-hybridized carbons (Fsp3) is 0.100. The van der Waals surface area contributed by atoms with E-state index in [9.17, 15) is 18.0 Å². The molecule has 0 bridgehead atoms. The average Bonchev–Trinajstić information content (AvgIpc) is 2.17. The minimum atomic E-state index is -4.54. The largest absolute Gasteiger partial charge is 0.508 e. The molecule has 3 nitrogen and oxygen atoms in total. The molecule has 0 amide bonds. The maximum Gasteiger partial charge on any atom is 0.418 e. The van der Waals surface area contributed by atoms with E-state index in [1.54, 1.807) is 0 Å². The van der Waals surface area contributed by atoms with Crippen LogP contribution in [0.1, 0.15) is 5.56 Å². The molecule has 0 fully saturated rings. The summed E-state index contributed by atoms with van der Waals surface area (Å²) in [5, 5.41) is 8.70. The van der Waals surface area contributed by atoms with E-state index in [4.69, 9.17) is 5.11 Å². The highest BCUT2D eigenvalue weighted by Crippen LogP contribution is 2.33.